The van der Waals surface area contributed by atoms with Crippen molar-refractivity contribution in [2.45, 2.75) is 31.7 Å². The summed E-state index contributed by atoms with van der Waals surface area (Å²) in [6, 6.07) is 2.88. The van der Waals surface area contributed by atoms with Gasteiger partial charge in [-0.3, -0.25) is 10.1 Å². The number of ether oxygens (including phenoxy) is 1. The zero-order chi connectivity index (χ0) is 15.2. The molecule has 0 aromatic carbocycles. The van der Waals surface area contributed by atoms with Crippen molar-refractivity contribution in [1.29, 1.82) is 0 Å². The van der Waals surface area contributed by atoms with Crippen LogP contribution in [0.2, 0.25) is 0 Å². The number of esters is 1. The van der Waals surface area contributed by atoms with E-state index in [2.05, 4.69) is 10.6 Å². The van der Waals surface area contributed by atoms with E-state index in [9.17, 15) is 14.4 Å². The summed E-state index contributed by atoms with van der Waals surface area (Å²) in [5.41, 5.74) is 0.346. The highest BCUT2D eigenvalue weighted by Crippen LogP contribution is 2.17. The zero-order valence-corrected chi connectivity index (χ0v) is 11.9. The number of carbonyl (C=O) groups is 3. The van der Waals surface area contributed by atoms with Gasteiger partial charge in [-0.1, -0.05) is 12.8 Å². The number of rotatable bonds is 4. The van der Waals surface area contributed by atoms with Crippen molar-refractivity contribution in [3.05, 3.63) is 24.0 Å². The van der Waals surface area contributed by atoms with Crippen LogP contribution in [-0.4, -0.2) is 35.1 Å². The normalized spacial score (nSPS) is 14.7. The molecule has 2 rings (SSSR count). The number of nitrogens with zero attached hydrogens (tertiary/aromatic N) is 1. The average molecular weight is 293 g/mol. The Morgan fingerprint density at radius 2 is 2.05 bits per heavy atom. The largest absolute Gasteiger partial charge is 0.451 e. The van der Waals surface area contributed by atoms with Crippen LogP contribution < -0.4 is 10.6 Å². The van der Waals surface area contributed by atoms with E-state index < -0.39 is 24.5 Å². The van der Waals surface area contributed by atoms with Gasteiger partial charge in [-0.15, -0.1) is 0 Å². The van der Waals surface area contributed by atoms with Gasteiger partial charge in [-0.25, -0.2) is 9.59 Å². The minimum absolute atomic E-state index is 0.128. The first kappa shape index (κ1) is 15.1. The molecule has 7 heteroatoms. The van der Waals surface area contributed by atoms with Gasteiger partial charge in [0.1, 0.15) is 5.69 Å². The quantitative estimate of drug-likeness (QED) is 0.809. The monoisotopic (exact) mass is 293 g/mol. The van der Waals surface area contributed by atoms with E-state index in [-0.39, 0.29) is 6.04 Å². The molecule has 1 aliphatic carbocycles. The summed E-state index contributed by atoms with van der Waals surface area (Å²) in [4.78, 5) is 34.8. The van der Waals surface area contributed by atoms with Crippen LogP contribution >= 0.6 is 0 Å². The van der Waals surface area contributed by atoms with Crippen molar-refractivity contribution in [3.8, 4) is 0 Å². The van der Waals surface area contributed by atoms with E-state index in [0.29, 0.717) is 5.69 Å². The Balaban J connectivity index is 1.70. The van der Waals surface area contributed by atoms with E-state index in [1.807, 2.05) is 0 Å². The van der Waals surface area contributed by atoms with Gasteiger partial charge in [-0.2, -0.15) is 0 Å². The van der Waals surface area contributed by atoms with Gasteiger partial charge in [0.25, 0.3) is 5.91 Å². The Morgan fingerprint density at radius 1 is 1.33 bits per heavy atom. The standard InChI is InChI=1S/C14H19N3O4/c1-17-8-4-7-11(17)13(19)21-9-12(18)16-14(20)15-10-5-2-3-6-10/h4,7-8,10H,2-3,5-6,9H2,1H3,(H2,15,16,18,20). The summed E-state index contributed by atoms with van der Waals surface area (Å²) < 4.78 is 6.44. The molecule has 1 aromatic heterocycles. The molecule has 1 fully saturated rings. The lowest BCUT2D eigenvalue weighted by Crippen LogP contribution is -2.45. The number of hydrogen-bond donors (Lipinski definition) is 2. The number of urea groups is 1. The number of nitrogens with one attached hydrogen (secondary N) is 2. The molecule has 2 N–H and O–H groups in total. The summed E-state index contributed by atoms with van der Waals surface area (Å²) in [5, 5.41) is 4.87. The number of aromatic nitrogens is 1. The van der Waals surface area contributed by atoms with E-state index in [1.54, 1.807) is 29.9 Å². The maximum absolute atomic E-state index is 11.7. The van der Waals surface area contributed by atoms with Crippen molar-refractivity contribution < 1.29 is 19.1 Å². The Hall–Kier alpha value is -2.31. The zero-order valence-electron chi connectivity index (χ0n) is 11.9. The molecule has 3 amide bonds. The summed E-state index contributed by atoms with van der Waals surface area (Å²) in [6.07, 6.45) is 5.75. The number of carbonyl (C=O) groups excluding carboxylic acids is 3. The second-order valence-corrected chi connectivity index (χ2v) is 5.08. The van der Waals surface area contributed by atoms with Gasteiger partial charge >= 0.3 is 12.0 Å². The summed E-state index contributed by atoms with van der Waals surface area (Å²) >= 11 is 0. The Morgan fingerprint density at radius 3 is 2.67 bits per heavy atom. The maximum Gasteiger partial charge on any atom is 0.355 e. The Kier molecular flexibility index (Phi) is 4.97. The van der Waals surface area contributed by atoms with Crippen LogP contribution in [0.4, 0.5) is 4.79 Å². The number of aryl methyl sites for hydroxylation is 1. The highest BCUT2D eigenvalue weighted by molar-refractivity contribution is 5.96. The first-order valence-corrected chi connectivity index (χ1v) is 6.95. The first-order valence-electron chi connectivity index (χ1n) is 6.95. The predicted molar refractivity (Wildman–Crippen MR) is 74.6 cm³/mol. The number of hydrogen-bond acceptors (Lipinski definition) is 4. The molecule has 0 bridgehead atoms. The van der Waals surface area contributed by atoms with Gasteiger partial charge in [0.05, 0.1) is 0 Å². The summed E-state index contributed by atoms with van der Waals surface area (Å²) in [6.45, 7) is -0.484. The van der Waals surface area contributed by atoms with Crippen molar-refractivity contribution in [2.75, 3.05) is 6.61 Å². The van der Waals surface area contributed by atoms with E-state index in [0.717, 1.165) is 25.7 Å². The third kappa shape index (κ3) is 4.34. The lowest BCUT2D eigenvalue weighted by molar-refractivity contribution is -0.123. The maximum atomic E-state index is 11.7. The van der Waals surface area contributed by atoms with Crippen LogP contribution in [0, 0.1) is 0 Å². The predicted octanol–water partition coefficient (Wildman–Crippen LogP) is 0.950. The minimum Gasteiger partial charge on any atom is -0.451 e. The van der Waals surface area contributed by atoms with Crippen LogP contribution in [-0.2, 0) is 16.6 Å². The molecule has 0 aliphatic heterocycles. The molecule has 1 aliphatic rings. The molecule has 0 atom stereocenters. The van der Waals surface area contributed by atoms with E-state index in [1.165, 1.54) is 0 Å². The molecule has 0 spiro atoms. The van der Waals surface area contributed by atoms with E-state index >= 15 is 0 Å². The van der Waals surface area contributed by atoms with Gasteiger partial charge < -0.3 is 14.6 Å². The number of amides is 3. The van der Waals surface area contributed by atoms with Crippen molar-refractivity contribution >= 4 is 17.9 Å². The second-order valence-electron chi connectivity index (χ2n) is 5.08. The van der Waals surface area contributed by atoms with Crippen LogP contribution in [0.15, 0.2) is 18.3 Å². The lowest BCUT2D eigenvalue weighted by Gasteiger charge is -2.12. The van der Waals surface area contributed by atoms with Crippen LogP contribution in [0.5, 0.6) is 0 Å². The summed E-state index contributed by atoms with van der Waals surface area (Å²) in [7, 11) is 1.70. The van der Waals surface area contributed by atoms with Crippen LogP contribution in [0.1, 0.15) is 36.2 Å². The summed E-state index contributed by atoms with van der Waals surface area (Å²) in [5.74, 6) is -1.25. The topological polar surface area (TPSA) is 89.4 Å². The number of imide groups is 1. The Bertz CT molecular complexity index is 532. The molecule has 114 valence electrons. The second kappa shape index (κ2) is 6.92. The highest BCUT2D eigenvalue weighted by atomic mass is 16.5. The van der Waals surface area contributed by atoms with Gasteiger partial charge in [-0.05, 0) is 25.0 Å². The molecule has 1 heterocycles. The fourth-order valence-corrected chi connectivity index (χ4v) is 2.33. The van der Waals surface area contributed by atoms with Gasteiger partial charge in [0, 0.05) is 19.3 Å². The Labute approximate surface area is 122 Å². The van der Waals surface area contributed by atoms with Crippen LogP contribution in [0.25, 0.3) is 0 Å². The SMILES string of the molecule is Cn1cccc1C(=O)OCC(=O)NC(=O)NC1CCCC1. The van der Waals surface area contributed by atoms with E-state index in [4.69, 9.17) is 4.74 Å². The first-order chi connectivity index (χ1) is 10.1. The minimum atomic E-state index is -0.645. The third-order valence-corrected chi connectivity index (χ3v) is 3.43. The van der Waals surface area contributed by atoms with Crippen LogP contribution in [0.3, 0.4) is 0 Å². The molecule has 0 unspecified atom stereocenters. The lowest BCUT2D eigenvalue weighted by atomic mass is 10.2. The highest BCUT2D eigenvalue weighted by Gasteiger charge is 2.19. The molecule has 21 heavy (non-hydrogen) atoms. The average Bonchev–Trinajstić information content (AvgIpc) is 3.07. The van der Waals surface area contributed by atoms with Crippen molar-refractivity contribution in [3.63, 3.8) is 0 Å². The molecule has 1 saturated carbocycles. The van der Waals surface area contributed by atoms with Gasteiger partial charge in [0.2, 0.25) is 0 Å². The molecule has 0 radical (unpaired) electrons. The molecule has 0 saturated heterocycles. The molecule has 1 aromatic rings. The molecular weight excluding hydrogens is 274 g/mol. The smallest absolute Gasteiger partial charge is 0.355 e. The third-order valence-electron chi connectivity index (χ3n) is 3.43. The fraction of sp³-hybridized carbons (Fsp3) is 0.500. The molecular formula is C14H19N3O4. The van der Waals surface area contributed by atoms with Crippen molar-refractivity contribution in [1.82, 2.24) is 15.2 Å². The molecule has 7 nitrogen and oxygen atoms in total. The fourth-order valence-electron chi connectivity index (χ4n) is 2.33. The van der Waals surface area contributed by atoms with Crippen molar-refractivity contribution in [2.24, 2.45) is 7.05 Å². The van der Waals surface area contributed by atoms with Gasteiger partial charge in [0.15, 0.2) is 6.61 Å².